The first kappa shape index (κ1) is 10.0. The summed E-state index contributed by atoms with van der Waals surface area (Å²) in [6, 6.07) is 0.728. The van der Waals surface area contributed by atoms with Crippen LogP contribution in [0.15, 0.2) is 0 Å². The second kappa shape index (κ2) is 4.83. The van der Waals surface area contributed by atoms with E-state index in [1.807, 2.05) is 0 Å². The molecule has 0 aromatic rings. The smallest absolute Gasteiger partial charge is 0.0204 e. The molecule has 2 nitrogen and oxygen atoms in total. The third kappa shape index (κ3) is 3.11. The molecule has 2 unspecified atom stereocenters. The van der Waals surface area contributed by atoms with E-state index in [0.717, 1.165) is 24.4 Å². The topological polar surface area (TPSA) is 24.1 Å². The first-order valence-electron chi connectivity index (χ1n) is 5.14. The van der Waals surface area contributed by atoms with Gasteiger partial charge in [-0.1, -0.05) is 20.8 Å². The zero-order valence-corrected chi connectivity index (χ0v) is 8.56. The molecule has 1 aliphatic heterocycles. The molecule has 1 rings (SSSR count). The molecular weight excluding hydrogens is 148 g/mol. The molecule has 1 saturated heterocycles. The van der Waals surface area contributed by atoms with E-state index in [2.05, 4.69) is 31.4 Å². The normalized spacial score (nSPS) is 26.5. The molecule has 2 N–H and O–H groups in total. The molecule has 0 spiro atoms. The molecule has 0 radical (unpaired) electrons. The molecule has 2 atom stereocenters. The highest BCUT2D eigenvalue weighted by Crippen LogP contribution is 2.08. The molecule has 0 saturated carbocycles. The number of hydrogen-bond donors (Lipinski definition) is 2. The Morgan fingerprint density at radius 1 is 1.42 bits per heavy atom. The Morgan fingerprint density at radius 2 is 2.17 bits per heavy atom. The van der Waals surface area contributed by atoms with Crippen LogP contribution in [0.2, 0.25) is 0 Å². The van der Waals surface area contributed by atoms with Crippen molar-refractivity contribution in [3.8, 4) is 0 Å². The van der Waals surface area contributed by atoms with E-state index in [-0.39, 0.29) is 0 Å². The fourth-order valence-corrected chi connectivity index (χ4v) is 1.42. The van der Waals surface area contributed by atoms with Crippen LogP contribution in [0.25, 0.3) is 0 Å². The van der Waals surface area contributed by atoms with E-state index in [1.54, 1.807) is 0 Å². The Balaban J connectivity index is 2.07. The quantitative estimate of drug-likeness (QED) is 0.663. The maximum atomic E-state index is 3.60. The van der Waals surface area contributed by atoms with Crippen molar-refractivity contribution in [2.75, 3.05) is 19.6 Å². The molecule has 0 aromatic carbocycles. The largest absolute Gasteiger partial charge is 0.315 e. The molecule has 12 heavy (non-hydrogen) atoms. The van der Waals surface area contributed by atoms with Gasteiger partial charge in [-0.05, 0) is 31.3 Å². The number of nitrogens with one attached hydrogen (secondary N) is 2. The third-order valence-electron chi connectivity index (χ3n) is 2.93. The first-order chi connectivity index (χ1) is 5.70. The minimum atomic E-state index is 0.728. The van der Waals surface area contributed by atoms with Gasteiger partial charge in [0.25, 0.3) is 0 Å². The van der Waals surface area contributed by atoms with Gasteiger partial charge in [-0.2, -0.15) is 0 Å². The summed E-state index contributed by atoms with van der Waals surface area (Å²) in [5, 5.41) is 6.96. The van der Waals surface area contributed by atoms with Crippen molar-refractivity contribution in [2.24, 2.45) is 11.8 Å². The van der Waals surface area contributed by atoms with Crippen molar-refractivity contribution >= 4 is 0 Å². The van der Waals surface area contributed by atoms with Crippen LogP contribution in [-0.2, 0) is 0 Å². The van der Waals surface area contributed by atoms with E-state index < -0.39 is 0 Å². The molecule has 0 aromatic heterocycles. The van der Waals surface area contributed by atoms with Gasteiger partial charge in [0.05, 0.1) is 0 Å². The fraction of sp³-hybridized carbons (Fsp3) is 1.00. The standard InChI is InChI=1S/C10H22N2/c1-8(2)9(3)6-12-10-4-5-11-7-10/h8-12H,4-7H2,1-3H3. The molecule has 1 heterocycles. The van der Waals surface area contributed by atoms with Gasteiger partial charge in [0.2, 0.25) is 0 Å². The summed E-state index contributed by atoms with van der Waals surface area (Å²) in [7, 11) is 0. The Bertz CT molecular complexity index is 115. The van der Waals surface area contributed by atoms with Crippen LogP contribution in [0.1, 0.15) is 27.2 Å². The summed E-state index contributed by atoms with van der Waals surface area (Å²) in [5.74, 6) is 1.59. The zero-order chi connectivity index (χ0) is 8.97. The average Bonchev–Trinajstić information content (AvgIpc) is 2.51. The Kier molecular flexibility index (Phi) is 4.02. The molecule has 1 aliphatic rings. The first-order valence-corrected chi connectivity index (χ1v) is 5.14. The average molecular weight is 170 g/mol. The highest BCUT2D eigenvalue weighted by atomic mass is 15.0. The van der Waals surface area contributed by atoms with Gasteiger partial charge < -0.3 is 10.6 Å². The highest BCUT2D eigenvalue weighted by molar-refractivity contribution is 4.78. The van der Waals surface area contributed by atoms with Crippen molar-refractivity contribution in [2.45, 2.75) is 33.2 Å². The summed E-state index contributed by atoms with van der Waals surface area (Å²) in [5.41, 5.74) is 0. The van der Waals surface area contributed by atoms with Crippen LogP contribution in [0.5, 0.6) is 0 Å². The zero-order valence-electron chi connectivity index (χ0n) is 8.56. The lowest BCUT2D eigenvalue weighted by atomic mass is 9.98. The lowest BCUT2D eigenvalue weighted by Gasteiger charge is -2.19. The predicted octanol–water partition coefficient (Wildman–Crippen LogP) is 1.23. The van der Waals surface area contributed by atoms with E-state index in [9.17, 15) is 0 Å². The van der Waals surface area contributed by atoms with E-state index in [4.69, 9.17) is 0 Å². The Labute approximate surface area is 76.1 Å². The molecule has 0 aliphatic carbocycles. The lowest BCUT2D eigenvalue weighted by Crippen LogP contribution is -2.35. The van der Waals surface area contributed by atoms with Crippen molar-refractivity contribution in [3.05, 3.63) is 0 Å². The third-order valence-corrected chi connectivity index (χ3v) is 2.93. The van der Waals surface area contributed by atoms with Gasteiger partial charge in [-0.15, -0.1) is 0 Å². The van der Waals surface area contributed by atoms with Crippen molar-refractivity contribution < 1.29 is 0 Å². The van der Waals surface area contributed by atoms with Crippen LogP contribution < -0.4 is 10.6 Å². The molecule has 0 amide bonds. The molecule has 2 heteroatoms. The Morgan fingerprint density at radius 3 is 2.67 bits per heavy atom. The fourth-order valence-electron chi connectivity index (χ4n) is 1.42. The molecule has 0 bridgehead atoms. The molecule has 1 fully saturated rings. The summed E-state index contributed by atoms with van der Waals surface area (Å²) in [6.07, 6.45) is 1.30. The Hall–Kier alpha value is -0.0800. The SMILES string of the molecule is CC(C)C(C)CNC1CCNC1. The van der Waals surface area contributed by atoms with Crippen LogP contribution in [0.3, 0.4) is 0 Å². The molecular formula is C10H22N2. The summed E-state index contributed by atoms with van der Waals surface area (Å²) in [4.78, 5) is 0. The summed E-state index contributed by atoms with van der Waals surface area (Å²) >= 11 is 0. The van der Waals surface area contributed by atoms with Crippen molar-refractivity contribution in [3.63, 3.8) is 0 Å². The van der Waals surface area contributed by atoms with E-state index >= 15 is 0 Å². The molecule has 72 valence electrons. The van der Waals surface area contributed by atoms with Gasteiger partial charge in [-0.3, -0.25) is 0 Å². The van der Waals surface area contributed by atoms with E-state index in [0.29, 0.717) is 0 Å². The van der Waals surface area contributed by atoms with Gasteiger partial charge in [-0.25, -0.2) is 0 Å². The van der Waals surface area contributed by atoms with Crippen LogP contribution in [0, 0.1) is 11.8 Å². The monoisotopic (exact) mass is 170 g/mol. The van der Waals surface area contributed by atoms with Gasteiger partial charge >= 0.3 is 0 Å². The van der Waals surface area contributed by atoms with Gasteiger partial charge in [0.1, 0.15) is 0 Å². The maximum Gasteiger partial charge on any atom is 0.0204 e. The minimum Gasteiger partial charge on any atom is -0.315 e. The summed E-state index contributed by atoms with van der Waals surface area (Å²) < 4.78 is 0. The van der Waals surface area contributed by atoms with Gasteiger partial charge in [0.15, 0.2) is 0 Å². The van der Waals surface area contributed by atoms with Crippen molar-refractivity contribution in [1.29, 1.82) is 0 Å². The highest BCUT2D eigenvalue weighted by Gasteiger charge is 2.15. The van der Waals surface area contributed by atoms with Crippen LogP contribution in [-0.4, -0.2) is 25.7 Å². The lowest BCUT2D eigenvalue weighted by molar-refractivity contribution is 0.373. The second-order valence-electron chi connectivity index (χ2n) is 4.32. The minimum absolute atomic E-state index is 0.728. The number of hydrogen-bond acceptors (Lipinski definition) is 2. The van der Waals surface area contributed by atoms with Crippen LogP contribution >= 0.6 is 0 Å². The van der Waals surface area contributed by atoms with E-state index in [1.165, 1.54) is 19.5 Å². The predicted molar refractivity (Wildman–Crippen MR) is 53.3 cm³/mol. The van der Waals surface area contributed by atoms with Crippen LogP contribution in [0.4, 0.5) is 0 Å². The summed E-state index contributed by atoms with van der Waals surface area (Å²) in [6.45, 7) is 10.4. The number of rotatable bonds is 4. The maximum absolute atomic E-state index is 3.60. The van der Waals surface area contributed by atoms with Gasteiger partial charge in [0, 0.05) is 12.6 Å². The second-order valence-corrected chi connectivity index (χ2v) is 4.32. The van der Waals surface area contributed by atoms with Crippen molar-refractivity contribution in [1.82, 2.24) is 10.6 Å².